The summed E-state index contributed by atoms with van der Waals surface area (Å²) in [6, 6.07) is 0. The van der Waals surface area contributed by atoms with Crippen molar-refractivity contribution in [2.45, 2.75) is 56.6 Å². The fourth-order valence-corrected chi connectivity index (χ4v) is 1.30. The summed E-state index contributed by atoms with van der Waals surface area (Å²) < 4.78 is 111. The second-order valence-electron chi connectivity index (χ2n) is 4.07. The summed E-state index contributed by atoms with van der Waals surface area (Å²) in [6.45, 7) is 0.865. The van der Waals surface area contributed by atoms with Gasteiger partial charge in [0.2, 0.25) is 0 Å². The first-order valence-corrected chi connectivity index (χ1v) is 4.88. The molecule has 18 heavy (non-hydrogen) atoms. The molecule has 0 unspecified atom stereocenters. The van der Waals surface area contributed by atoms with Crippen LogP contribution in [-0.2, 0) is 0 Å². The normalized spacial score (nSPS) is 15.0. The molecule has 0 heterocycles. The lowest BCUT2D eigenvalue weighted by Crippen LogP contribution is -2.37. The van der Waals surface area contributed by atoms with Crippen molar-refractivity contribution in [2.75, 3.05) is 0 Å². The Morgan fingerprint density at radius 1 is 0.556 bits per heavy atom. The highest BCUT2D eigenvalue weighted by Crippen LogP contribution is 2.43. The molecule has 0 aliphatic carbocycles. The highest BCUT2D eigenvalue weighted by Gasteiger charge is 2.52. The third-order valence-electron chi connectivity index (χ3n) is 2.01. The zero-order valence-corrected chi connectivity index (χ0v) is 9.23. The molecule has 0 saturated carbocycles. The summed E-state index contributed by atoms with van der Waals surface area (Å²) in [6.07, 6.45) is -13.8. The SMILES string of the molecule is CCC(F)(F)CC(F)(F)CC(F)(F)CC(F)(F)F. The molecule has 0 spiro atoms. The summed E-state index contributed by atoms with van der Waals surface area (Å²) in [5, 5.41) is 0. The van der Waals surface area contributed by atoms with Crippen LogP contribution in [0.3, 0.4) is 0 Å². The number of halogens is 9. The predicted octanol–water partition coefficient (Wildman–Crippen LogP) is 5.03. The number of hydrogen-bond donors (Lipinski definition) is 0. The van der Waals surface area contributed by atoms with Crippen LogP contribution in [0.1, 0.15) is 32.6 Å². The van der Waals surface area contributed by atoms with Crippen LogP contribution in [0, 0.1) is 0 Å². The molecule has 0 fully saturated rings. The Kier molecular flexibility index (Phi) is 4.98. The molecule has 110 valence electrons. The van der Waals surface area contributed by atoms with Crippen molar-refractivity contribution in [3.05, 3.63) is 0 Å². The lowest BCUT2D eigenvalue weighted by Gasteiger charge is -2.26. The number of hydrogen-bond acceptors (Lipinski definition) is 0. The Bertz CT molecular complexity index is 266. The molecule has 9 heteroatoms. The Hall–Kier alpha value is -0.630. The van der Waals surface area contributed by atoms with Crippen LogP contribution in [0.2, 0.25) is 0 Å². The van der Waals surface area contributed by atoms with Crippen molar-refractivity contribution in [2.24, 2.45) is 0 Å². The van der Waals surface area contributed by atoms with Crippen LogP contribution in [-0.4, -0.2) is 23.9 Å². The highest BCUT2D eigenvalue weighted by atomic mass is 19.4. The van der Waals surface area contributed by atoms with Gasteiger partial charge in [-0.2, -0.15) is 13.2 Å². The fourth-order valence-electron chi connectivity index (χ4n) is 1.30. The number of alkyl halides is 9. The van der Waals surface area contributed by atoms with Gasteiger partial charge in [0.25, 0.3) is 17.8 Å². The van der Waals surface area contributed by atoms with Gasteiger partial charge in [0, 0.05) is 6.42 Å². The van der Waals surface area contributed by atoms with E-state index in [2.05, 4.69) is 0 Å². The average Bonchev–Trinajstić information content (AvgIpc) is 1.93. The van der Waals surface area contributed by atoms with E-state index in [-0.39, 0.29) is 0 Å². The van der Waals surface area contributed by atoms with E-state index in [4.69, 9.17) is 0 Å². The third-order valence-corrected chi connectivity index (χ3v) is 2.01. The summed E-state index contributed by atoms with van der Waals surface area (Å²) >= 11 is 0. The Labute approximate surface area is 97.1 Å². The summed E-state index contributed by atoms with van der Waals surface area (Å²) in [5.74, 6) is -13.2. The average molecular weight is 290 g/mol. The smallest absolute Gasteiger partial charge is 0.207 e. The minimum absolute atomic E-state index is 0.865. The van der Waals surface area contributed by atoms with E-state index in [1.165, 1.54) is 0 Å². The van der Waals surface area contributed by atoms with Crippen LogP contribution in [0.5, 0.6) is 0 Å². The maximum absolute atomic E-state index is 12.8. The highest BCUT2D eigenvalue weighted by molar-refractivity contribution is 4.83. The van der Waals surface area contributed by atoms with E-state index in [9.17, 15) is 39.5 Å². The molecule has 0 atom stereocenters. The molecule has 0 N–H and O–H groups in total. The van der Waals surface area contributed by atoms with Crippen molar-refractivity contribution >= 4 is 0 Å². The molecule has 0 radical (unpaired) electrons. The first kappa shape index (κ1) is 17.4. The van der Waals surface area contributed by atoms with Crippen LogP contribution in [0.15, 0.2) is 0 Å². The van der Waals surface area contributed by atoms with Crippen molar-refractivity contribution in [1.29, 1.82) is 0 Å². The predicted molar refractivity (Wildman–Crippen MR) is 45.0 cm³/mol. The van der Waals surface area contributed by atoms with Crippen molar-refractivity contribution < 1.29 is 39.5 Å². The van der Waals surface area contributed by atoms with Crippen LogP contribution >= 0.6 is 0 Å². The molecule has 0 aliphatic heterocycles. The van der Waals surface area contributed by atoms with Gasteiger partial charge in [-0.25, -0.2) is 26.3 Å². The van der Waals surface area contributed by atoms with Gasteiger partial charge in [-0.1, -0.05) is 6.92 Å². The minimum atomic E-state index is -5.34. The second kappa shape index (κ2) is 5.16. The van der Waals surface area contributed by atoms with Crippen molar-refractivity contribution in [3.8, 4) is 0 Å². The lowest BCUT2D eigenvalue weighted by atomic mass is 10.00. The zero-order valence-electron chi connectivity index (χ0n) is 9.23. The van der Waals surface area contributed by atoms with E-state index >= 15 is 0 Å². The second-order valence-corrected chi connectivity index (χ2v) is 4.07. The van der Waals surface area contributed by atoms with E-state index in [1.54, 1.807) is 0 Å². The van der Waals surface area contributed by atoms with Gasteiger partial charge in [-0.3, -0.25) is 0 Å². The molecule has 0 rings (SSSR count). The van der Waals surface area contributed by atoms with Gasteiger partial charge in [0.15, 0.2) is 0 Å². The summed E-state index contributed by atoms with van der Waals surface area (Å²) in [4.78, 5) is 0. The first-order valence-electron chi connectivity index (χ1n) is 4.88. The van der Waals surface area contributed by atoms with Gasteiger partial charge < -0.3 is 0 Å². The van der Waals surface area contributed by atoms with Crippen LogP contribution in [0.25, 0.3) is 0 Å². The van der Waals surface area contributed by atoms with Crippen LogP contribution in [0.4, 0.5) is 39.5 Å². The first-order chi connectivity index (χ1) is 7.68. The van der Waals surface area contributed by atoms with E-state index in [1.807, 2.05) is 0 Å². The topological polar surface area (TPSA) is 0 Å². The van der Waals surface area contributed by atoms with Crippen molar-refractivity contribution in [1.82, 2.24) is 0 Å². The molecule has 0 amide bonds. The quantitative estimate of drug-likeness (QED) is 0.601. The zero-order chi connectivity index (χ0) is 14.8. The fraction of sp³-hybridized carbons (Fsp3) is 1.00. The minimum Gasteiger partial charge on any atom is -0.207 e. The van der Waals surface area contributed by atoms with E-state index in [0.717, 1.165) is 6.92 Å². The third kappa shape index (κ3) is 7.65. The van der Waals surface area contributed by atoms with E-state index < -0.39 is 49.6 Å². The molecule has 0 aromatic carbocycles. The van der Waals surface area contributed by atoms with Gasteiger partial charge in [0.1, 0.15) is 6.42 Å². The van der Waals surface area contributed by atoms with Crippen LogP contribution < -0.4 is 0 Å². The maximum atomic E-state index is 12.8. The largest absolute Gasteiger partial charge is 0.394 e. The molecule has 0 aromatic rings. The lowest BCUT2D eigenvalue weighted by molar-refractivity contribution is -0.213. The van der Waals surface area contributed by atoms with Gasteiger partial charge in [-0.05, 0) is 0 Å². The van der Waals surface area contributed by atoms with E-state index in [0.29, 0.717) is 0 Å². The van der Waals surface area contributed by atoms with Gasteiger partial charge in [-0.15, -0.1) is 0 Å². The molecule has 0 nitrogen and oxygen atoms in total. The Balaban J connectivity index is 4.66. The summed E-state index contributed by atoms with van der Waals surface area (Å²) in [7, 11) is 0. The Morgan fingerprint density at radius 3 is 1.22 bits per heavy atom. The standard InChI is InChI=1S/C9H11F9/c1-2-6(10,11)3-7(12,13)4-8(14,15)5-9(16,17)18/h2-5H2,1H3. The molecule has 0 aromatic heterocycles. The molecular formula is C9H11F9. The summed E-state index contributed by atoms with van der Waals surface area (Å²) in [5.41, 5.74) is 0. The maximum Gasteiger partial charge on any atom is 0.394 e. The number of rotatable bonds is 6. The molecular weight excluding hydrogens is 279 g/mol. The van der Waals surface area contributed by atoms with Gasteiger partial charge in [0.05, 0.1) is 12.8 Å². The van der Waals surface area contributed by atoms with Gasteiger partial charge >= 0.3 is 6.18 Å². The molecule has 0 bridgehead atoms. The van der Waals surface area contributed by atoms with Crippen molar-refractivity contribution in [3.63, 3.8) is 0 Å². The molecule has 0 saturated heterocycles. The molecule has 0 aliphatic rings. The monoisotopic (exact) mass is 290 g/mol. The Morgan fingerprint density at radius 2 is 0.889 bits per heavy atom.